The van der Waals surface area contributed by atoms with Crippen molar-refractivity contribution in [3.63, 3.8) is 0 Å². The first-order valence-corrected chi connectivity index (χ1v) is 10.7. The Morgan fingerprint density at radius 1 is 0.969 bits per heavy atom. The predicted octanol–water partition coefficient (Wildman–Crippen LogP) is 3.66. The lowest BCUT2D eigenvalue weighted by Gasteiger charge is -2.26. The molecule has 1 fully saturated rings. The fourth-order valence-corrected chi connectivity index (χ4v) is 3.65. The Bertz CT molecular complexity index is 975. The molecule has 0 spiro atoms. The van der Waals surface area contributed by atoms with Gasteiger partial charge in [-0.3, -0.25) is 14.4 Å². The summed E-state index contributed by atoms with van der Waals surface area (Å²) < 4.78 is 20.2. The summed E-state index contributed by atoms with van der Waals surface area (Å²) in [6, 6.07) is 10.4. The zero-order chi connectivity index (χ0) is 23.1. The Morgan fingerprint density at radius 2 is 1.59 bits per heavy atom. The van der Waals surface area contributed by atoms with Gasteiger partial charge in [0.15, 0.2) is 0 Å². The minimum Gasteiger partial charge on any atom is -0.490 e. The molecule has 0 unspecified atom stereocenters. The Morgan fingerprint density at radius 3 is 2.19 bits per heavy atom. The zero-order valence-electron chi connectivity index (χ0n) is 17.3. The zero-order valence-corrected chi connectivity index (χ0v) is 18.0. The summed E-state index contributed by atoms with van der Waals surface area (Å²) in [4.78, 5) is 35.3. The van der Waals surface area contributed by atoms with E-state index in [-0.39, 0.29) is 36.6 Å². The van der Waals surface area contributed by atoms with E-state index in [1.165, 1.54) is 12.1 Å². The number of carbonyl (C=O) groups is 3. The van der Waals surface area contributed by atoms with Crippen molar-refractivity contribution in [1.82, 2.24) is 10.6 Å². The number of nitrogens with one attached hydrogen (secondary N) is 2. The van der Waals surface area contributed by atoms with E-state index in [0.717, 1.165) is 6.07 Å². The van der Waals surface area contributed by atoms with E-state index < -0.39 is 17.7 Å². The molecule has 0 heterocycles. The molecule has 3 N–H and O–H groups in total. The molecular weight excluding hydrogens is 439 g/mol. The van der Waals surface area contributed by atoms with Gasteiger partial charge in [-0.1, -0.05) is 11.6 Å². The molecule has 2 aromatic rings. The van der Waals surface area contributed by atoms with Gasteiger partial charge >= 0.3 is 5.97 Å². The van der Waals surface area contributed by atoms with Gasteiger partial charge in [-0.25, -0.2) is 4.39 Å². The first-order valence-electron chi connectivity index (χ1n) is 10.3. The summed E-state index contributed by atoms with van der Waals surface area (Å²) in [6.07, 6.45) is 2.05. The first kappa shape index (κ1) is 23.5. The van der Waals surface area contributed by atoms with Crippen molar-refractivity contribution in [2.45, 2.75) is 31.8 Å². The quantitative estimate of drug-likeness (QED) is 0.519. The summed E-state index contributed by atoms with van der Waals surface area (Å²) in [5.74, 6) is -2.47. The molecule has 0 aliphatic heterocycles. The van der Waals surface area contributed by atoms with Gasteiger partial charge in [-0.2, -0.15) is 0 Å². The molecule has 7 nitrogen and oxygen atoms in total. The molecule has 32 heavy (non-hydrogen) atoms. The molecule has 0 radical (unpaired) electrons. The number of rotatable bonds is 8. The maximum atomic E-state index is 14.4. The van der Waals surface area contributed by atoms with Crippen LogP contribution in [0.2, 0.25) is 5.02 Å². The van der Waals surface area contributed by atoms with E-state index in [9.17, 15) is 18.8 Å². The van der Waals surface area contributed by atoms with Crippen LogP contribution in [0.4, 0.5) is 4.39 Å². The highest BCUT2D eigenvalue weighted by molar-refractivity contribution is 6.30. The average Bonchev–Trinajstić information content (AvgIpc) is 2.77. The lowest BCUT2D eigenvalue weighted by molar-refractivity contribution is -0.143. The Balaban J connectivity index is 1.44. The number of hydrogen-bond donors (Lipinski definition) is 3. The average molecular weight is 463 g/mol. The number of benzene rings is 2. The molecule has 170 valence electrons. The highest BCUT2D eigenvalue weighted by Crippen LogP contribution is 2.28. The first-order chi connectivity index (χ1) is 15.3. The van der Waals surface area contributed by atoms with Crippen LogP contribution in [0.5, 0.6) is 5.75 Å². The predicted molar refractivity (Wildman–Crippen MR) is 117 cm³/mol. The smallest absolute Gasteiger partial charge is 0.306 e. The van der Waals surface area contributed by atoms with Crippen molar-refractivity contribution in [3.8, 4) is 5.75 Å². The number of halogens is 2. The number of carboxylic acid groups (broad SMARTS) is 1. The van der Waals surface area contributed by atoms with Gasteiger partial charge in [0.25, 0.3) is 11.8 Å². The van der Waals surface area contributed by atoms with Gasteiger partial charge in [0, 0.05) is 29.7 Å². The van der Waals surface area contributed by atoms with Crippen molar-refractivity contribution >= 4 is 29.4 Å². The topological polar surface area (TPSA) is 105 Å². The second-order valence-electron chi connectivity index (χ2n) is 7.59. The summed E-state index contributed by atoms with van der Waals surface area (Å²) in [6.45, 7) is 0.303. The van der Waals surface area contributed by atoms with Crippen LogP contribution < -0.4 is 15.4 Å². The van der Waals surface area contributed by atoms with Crippen molar-refractivity contribution < 1.29 is 28.6 Å². The van der Waals surface area contributed by atoms with Crippen molar-refractivity contribution in [2.24, 2.45) is 5.92 Å². The molecule has 1 aliphatic carbocycles. The van der Waals surface area contributed by atoms with Gasteiger partial charge in [-0.05, 0) is 62.1 Å². The van der Waals surface area contributed by atoms with Gasteiger partial charge < -0.3 is 20.5 Å². The highest BCUT2D eigenvalue weighted by Gasteiger charge is 2.27. The summed E-state index contributed by atoms with van der Waals surface area (Å²) in [7, 11) is 0. The normalized spacial score (nSPS) is 17.9. The van der Waals surface area contributed by atoms with E-state index in [2.05, 4.69) is 10.6 Å². The lowest BCUT2D eigenvalue weighted by atomic mass is 9.87. The van der Waals surface area contributed by atoms with E-state index >= 15 is 0 Å². The third-order valence-electron chi connectivity index (χ3n) is 5.31. The maximum Gasteiger partial charge on any atom is 0.306 e. The van der Waals surface area contributed by atoms with Crippen LogP contribution in [0, 0.1) is 11.7 Å². The van der Waals surface area contributed by atoms with Gasteiger partial charge in [-0.15, -0.1) is 0 Å². The largest absolute Gasteiger partial charge is 0.490 e. The fourth-order valence-electron chi connectivity index (χ4n) is 3.52. The van der Waals surface area contributed by atoms with Gasteiger partial charge in [0.05, 0.1) is 17.6 Å². The minimum atomic E-state index is -0.797. The Hall–Kier alpha value is -3.13. The number of carboxylic acids is 1. The Kier molecular flexibility index (Phi) is 8.05. The van der Waals surface area contributed by atoms with Gasteiger partial charge in [0.1, 0.15) is 11.6 Å². The number of carbonyl (C=O) groups excluding carboxylic acids is 2. The van der Waals surface area contributed by atoms with E-state index in [0.29, 0.717) is 42.0 Å². The monoisotopic (exact) mass is 462 g/mol. The van der Waals surface area contributed by atoms with Crippen LogP contribution in [0.15, 0.2) is 42.5 Å². The number of hydrogen-bond acceptors (Lipinski definition) is 4. The van der Waals surface area contributed by atoms with Crippen LogP contribution in [-0.2, 0) is 4.79 Å². The van der Waals surface area contributed by atoms with Crippen LogP contribution in [0.1, 0.15) is 46.4 Å². The maximum absolute atomic E-state index is 14.4. The van der Waals surface area contributed by atoms with E-state index in [1.54, 1.807) is 24.3 Å². The fraction of sp³-hybridized carbons (Fsp3) is 0.348. The molecule has 3 rings (SSSR count). The molecule has 0 atom stereocenters. The third kappa shape index (κ3) is 6.43. The SMILES string of the molecule is O=C(NCCNC(=O)c1ccc(O[C@H]2CC[C@@H](C(=O)O)CC2)cc1F)c1ccc(Cl)cc1. The number of amides is 2. The minimum absolute atomic E-state index is 0.128. The van der Waals surface area contributed by atoms with E-state index in [4.69, 9.17) is 21.4 Å². The molecule has 1 saturated carbocycles. The molecule has 0 aromatic heterocycles. The third-order valence-corrected chi connectivity index (χ3v) is 5.57. The van der Waals surface area contributed by atoms with Crippen LogP contribution in [0.25, 0.3) is 0 Å². The highest BCUT2D eigenvalue weighted by atomic mass is 35.5. The number of ether oxygens (including phenoxy) is 1. The summed E-state index contributed by atoms with van der Waals surface area (Å²) in [5.41, 5.74) is 0.315. The van der Waals surface area contributed by atoms with Crippen molar-refractivity contribution in [1.29, 1.82) is 0 Å². The molecule has 0 saturated heterocycles. The summed E-state index contributed by atoms with van der Waals surface area (Å²) >= 11 is 5.79. The molecule has 2 aromatic carbocycles. The molecular formula is C23H24ClFN2O5. The standard InChI is InChI=1S/C23H24ClFN2O5/c24-16-5-1-14(2-6-16)21(28)26-11-12-27-22(29)19-10-9-18(13-20(19)25)32-17-7-3-15(4-8-17)23(30)31/h1-2,5-6,9-10,13,15,17H,3-4,7-8,11-12H2,(H,26,28)(H,27,29)(H,30,31)/t15-,17+. The van der Waals surface area contributed by atoms with Gasteiger partial charge in [0.2, 0.25) is 0 Å². The molecule has 9 heteroatoms. The second-order valence-corrected chi connectivity index (χ2v) is 8.03. The van der Waals surface area contributed by atoms with Crippen molar-refractivity contribution in [3.05, 3.63) is 64.4 Å². The molecule has 1 aliphatic rings. The summed E-state index contributed by atoms with van der Waals surface area (Å²) in [5, 5.41) is 14.8. The molecule has 2 amide bonds. The second kappa shape index (κ2) is 10.9. The van der Waals surface area contributed by atoms with E-state index in [1.807, 2.05) is 0 Å². The van der Waals surface area contributed by atoms with Crippen molar-refractivity contribution in [2.75, 3.05) is 13.1 Å². The van der Waals surface area contributed by atoms with Crippen LogP contribution >= 0.6 is 11.6 Å². The molecule has 0 bridgehead atoms. The number of aliphatic carboxylic acids is 1. The Labute approximate surface area is 189 Å². The van der Waals surface area contributed by atoms with Crippen LogP contribution in [-0.4, -0.2) is 42.1 Å². The lowest BCUT2D eigenvalue weighted by Crippen LogP contribution is -2.35. The van der Waals surface area contributed by atoms with Crippen LogP contribution in [0.3, 0.4) is 0 Å².